The molecule has 7 heterocycles. The molecule has 3 aliphatic heterocycles. The van der Waals surface area contributed by atoms with Crippen molar-refractivity contribution in [1.29, 1.82) is 0 Å². The highest BCUT2D eigenvalue weighted by atomic mass is 32.1. The Morgan fingerprint density at radius 1 is 0.895 bits per heavy atom. The van der Waals surface area contributed by atoms with Gasteiger partial charge in [0.2, 0.25) is 11.8 Å². The van der Waals surface area contributed by atoms with Gasteiger partial charge >= 0.3 is 12.1 Å². The standard InChI is InChI=1S/C42H51N7O6S2/c1-21(2)26(15-36(50)54-7)40(51)48-19-23(5)12-30(48)38-43-18-29(46-38)33-17-35-34(57-33)16-32(56-35)25-8-9-27-28(14-25)45-39(44-27)31-13-24(6)20-49(31)41(52)37(22(3)4)47-10-11-55-42(47)53/h8-9,14,16-18,21-24,26,30-31,37H,10-13,15,19-20H2,1-7H3,(H,43,46)(H,44,45)/t23-,24-,26-,30-,31-,37-/m0/s1. The van der Waals surface area contributed by atoms with E-state index in [1.54, 1.807) is 27.6 Å². The maximum absolute atomic E-state index is 14.1. The number of carbonyl (C=O) groups is 4. The van der Waals surface area contributed by atoms with E-state index >= 15 is 0 Å². The van der Waals surface area contributed by atoms with E-state index < -0.39 is 18.1 Å². The van der Waals surface area contributed by atoms with Crippen LogP contribution in [-0.2, 0) is 23.9 Å². The Hall–Kier alpha value is -4.76. The van der Waals surface area contributed by atoms with Gasteiger partial charge in [-0.15, -0.1) is 22.7 Å². The number of ether oxygens (including phenoxy) is 2. The summed E-state index contributed by atoms with van der Waals surface area (Å²) in [5, 5.41) is 0. The highest BCUT2D eigenvalue weighted by Gasteiger charge is 2.44. The van der Waals surface area contributed by atoms with Crippen LogP contribution in [0.1, 0.15) is 84.5 Å². The summed E-state index contributed by atoms with van der Waals surface area (Å²) in [7, 11) is 1.36. The van der Waals surface area contributed by atoms with Crippen LogP contribution in [-0.4, -0.2) is 97.9 Å². The topological polar surface area (TPSA) is 154 Å². The third-order valence-electron chi connectivity index (χ3n) is 11.8. The molecule has 15 heteroatoms. The smallest absolute Gasteiger partial charge is 0.410 e. The predicted molar refractivity (Wildman–Crippen MR) is 220 cm³/mol. The van der Waals surface area contributed by atoms with E-state index in [2.05, 4.69) is 48.1 Å². The lowest BCUT2D eigenvalue weighted by atomic mass is 9.91. The van der Waals surface area contributed by atoms with E-state index in [0.29, 0.717) is 38.1 Å². The third-order valence-corrected chi connectivity index (χ3v) is 14.2. The number of methoxy groups -OCH3 is 1. The monoisotopic (exact) mass is 813 g/mol. The average Bonchev–Trinajstić information content (AvgIpc) is 4.02. The zero-order chi connectivity index (χ0) is 40.3. The van der Waals surface area contributed by atoms with E-state index in [1.807, 2.05) is 49.8 Å². The quantitative estimate of drug-likeness (QED) is 0.127. The van der Waals surface area contributed by atoms with Crippen molar-refractivity contribution in [2.75, 3.05) is 33.4 Å². The van der Waals surface area contributed by atoms with Crippen molar-refractivity contribution < 1.29 is 28.7 Å². The number of imidazole rings is 2. The van der Waals surface area contributed by atoms with Crippen LogP contribution in [0.2, 0.25) is 0 Å². The summed E-state index contributed by atoms with van der Waals surface area (Å²) in [5.74, 6) is 1.19. The van der Waals surface area contributed by atoms with Gasteiger partial charge in [-0.2, -0.15) is 0 Å². The lowest BCUT2D eigenvalue weighted by molar-refractivity contribution is -0.148. The maximum Gasteiger partial charge on any atom is 0.410 e. The summed E-state index contributed by atoms with van der Waals surface area (Å²) in [6.07, 6.45) is 3.10. The first-order valence-electron chi connectivity index (χ1n) is 20.0. The van der Waals surface area contributed by atoms with Gasteiger partial charge in [0.05, 0.1) is 65.9 Å². The minimum atomic E-state index is -0.576. The second-order valence-corrected chi connectivity index (χ2v) is 19.0. The molecule has 0 radical (unpaired) electrons. The van der Waals surface area contributed by atoms with Gasteiger partial charge in [0, 0.05) is 27.4 Å². The number of aromatic nitrogens is 4. The Bertz CT molecular complexity index is 2290. The van der Waals surface area contributed by atoms with Crippen molar-refractivity contribution in [2.45, 2.75) is 78.9 Å². The first kappa shape index (κ1) is 39.1. The number of benzene rings is 1. The van der Waals surface area contributed by atoms with Gasteiger partial charge in [-0.25, -0.2) is 14.8 Å². The SMILES string of the molecule is COC(=O)C[C@H](C(=O)N1C[C@@H](C)C[C@H]1c1ncc(-c2cc3sc(-c4ccc5nc([C@@H]6C[C@H](C)CN6C(=O)[C@H](C(C)C)N6CCOC6=O)[nH]c5c4)cc3s2)[nH]1)C(C)C. The number of nitrogens with one attached hydrogen (secondary N) is 2. The Labute approximate surface area is 340 Å². The second kappa shape index (κ2) is 15.5. The van der Waals surface area contributed by atoms with Crippen LogP contribution < -0.4 is 0 Å². The molecule has 3 saturated heterocycles. The fourth-order valence-corrected chi connectivity index (χ4v) is 11.2. The lowest BCUT2D eigenvalue weighted by Gasteiger charge is -2.33. The summed E-state index contributed by atoms with van der Waals surface area (Å²) in [5.41, 5.74) is 3.77. The van der Waals surface area contributed by atoms with Crippen molar-refractivity contribution in [3.8, 4) is 21.0 Å². The number of esters is 1. The third kappa shape index (κ3) is 7.44. The first-order valence-corrected chi connectivity index (χ1v) is 21.6. The number of amides is 3. The first-order chi connectivity index (χ1) is 27.3. The molecule has 6 atom stereocenters. The lowest BCUT2D eigenvalue weighted by Crippen LogP contribution is -2.51. The minimum Gasteiger partial charge on any atom is -0.469 e. The molecular formula is C42H51N7O6S2. The Morgan fingerprint density at radius 3 is 2.21 bits per heavy atom. The summed E-state index contributed by atoms with van der Waals surface area (Å²) < 4.78 is 12.5. The van der Waals surface area contributed by atoms with E-state index in [4.69, 9.17) is 19.4 Å². The second-order valence-electron chi connectivity index (χ2n) is 16.8. The number of aromatic amines is 2. The molecule has 57 heavy (non-hydrogen) atoms. The van der Waals surface area contributed by atoms with Crippen molar-refractivity contribution in [2.24, 2.45) is 29.6 Å². The van der Waals surface area contributed by atoms with Gasteiger partial charge in [-0.3, -0.25) is 19.3 Å². The van der Waals surface area contributed by atoms with Crippen LogP contribution in [0.5, 0.6) is 0 Å². The molecule has 302 valence electrons. The number of hydrogen-bond donors (Lipinski definition) is 2. The molecule has 5 aromatic rings. The molecule has 0 saturated carbocycles. The number of H-pyrrole nitrogens is 2. The van der Waals surface area contributed by atoms with E-state index in [0.717, 1.165) is 56.5 Å². The van der Waals surface area contributed by atoms with Crippen LogP contribution in [0.3, 0.4) is 0 Å². The Kier molecular flexibility index (Phi) is 10.7. The van der Waals surface area contributed by atoms with Crippen molar-refractivity contribution in [3.63, 3.8) is 0 Å². The molecule has 0 spiro atoms. The molecule has 3 amide bonds. The van der Waals surface area contributed by atoms with Crippen LogP contribution in [0, 0.1) is 29.6 Å². The van der Waals surface area contributed by atoms with E-state index in [-0.39, 0.29) is 48.1 Å². The molecule has 3 fully saturated rings. The number of likely N-dealkylation sites (tertiary alicyclic amines) is 2. The summed E-state index contributed by atoms with van der Waals surface area (Å²) >= 11 is 3.44. The number of thiophene rings is 2. The van der Waals surface area contributed by atoms with E-state index in [9.17, 15) is 19.2 Å². The summed E-state index contributed by atoms with van der Waals surface area (Å²) in [6, 6.07) is 9.73. The number of cyclic esters (lactones) is 1. The number of fused-ring (bicyclic) bond motifs is 2. The van der Waals surface area contributed by atoms with Gasteiger partial charge in [0.15, 0.2) is 0 Å². The normalized spacial score (nSPS) is 22.4. The predicted octanol–water partition coefficient (Wildman–Crippen LogP) is 8.03. The largest absolute Gasteiger partial charge is 0.469 e. The zero-order valence-corrected chi connectivity index (χ0v) is 35.2. The fourth-order valence-electron chi connectivity index (χ4n) is 8.87. The van der Waals surface area contributed by atoms with Crippen molar-refractivity contribution >= 4 is 67.0 Å². The highest BCUT2D eigenvalue weighted by Crippen LogP contribution is 2.44. The molecule has 1 aromatic carbocycles. The summed E-state index contributed by atoms with van der Waals surface area (Å²) in [4.78, 5) is 77.0. The van der Waals surface area contributed by atoms with Crippen LogP contribution in [0.25, 0.3) is 41.4 Å². The van der Waals surface area contributed by atoms with Crippen LogP contribution >= 0.6 is 22.7 Å². The van der Waals surface area contributed by atoms with Crippen LogP contribution in [0.4, 0.5) is 4.79 Å². The highest BCUT2D eigenvalue weighted by molar-refractivity contribution is 7.31. The van der Waals surface area contributed by atoms with Crippen molar-refractivity contribution in [1.82, 2.24) is 34.6 Å². The van der Waals surface area contributed by atoms with Crippen molar-refractivity contribution in [3.05, 3.63) is 48.2 Å². The van der Waals surface area contributed by atoms with Gasteiger partial charge in [0.1, 0.15) is 24.3 Å². The van der Waals surface area contributed by atoms with Gasteiger partial charge in [-0.1, -0.05) is 47.6 Å². The minimum absolute atomic E-state index is 0.000509. The van der Waals surface area contributed by atoms with Crippen LogP contribution in [0.15, 0.2) is 36.5 Å². The molecule has 0 unspecified atom stereocenters. The van der Waals surface area contributed by atoms with Gasteiger partial charge in [0.25, 0.3) is 0 Å². The van der Waals surface area contributed by atoms with E-state index in [1.165, 1.54) is 16.5 Å². The Balaban J connectivity index is 0.994. The average molecular weight is 814 g/mol. The molecule has 2 N–H and O–H groups in total. The number of carbonyl (C=O) groups excluding carboxylic acids is 4. The fraction of sp³-hybridized carbons (Fsp3) is 0.524. The molecular weight excluding hydrogens is 763 g/mol. The van der Waals surface area contributed by atoms with Gasteiger partial charge < -0.3 is 29.2 Å². The number of nitrogens with zero attached hydrogens (tertiary/aromatic N) is 5. The number of rotatable bonds is 11. The molecule has 0 aliphatic carbocycles. The molecule has 0 bridgehead atoms. The number of hydrogen-bond acceptors (Lipinski definition) is 10. The molecule has 13 nitrogen and oxygen atoms in total. The van der Waals surface area contributed by atoms with Gasteiger partial charge in [-0.05, 0) is 66.3 Å². The maximum atomic E-state index is 14.1. The zero-order valence-electron chi connectivity index (χ0n) is 33.5. The summed E-state index contributed by atoms with van der Waals surface area (Å²) in [6.45, 7) is 14.2. The molecule has 4 aromatic heterocycles. The Morgan fingerprint density at radius 2 is 1.56 bits per heavy atom. The molecule has 8 rings (SSSR count). The molecule has 3 aliphatic rings.